The largest absolute Gasteiger partial charge is 0.363 e. The molecule has 0 aliphatic heterocycles. The Morgan fingerprint density at radius 1 is 1.67 bits per heavy atom. The highest BCUT2D eigenvalue weighted by Crippen LogP contribution is 2.33. The van der Waals surface area contributed by atoms with E-state index in [1.54, 1.807) is 7.05 Å². The van der Waals surface area contributed by atoms with Gasteiger partial charge in [-0.2, -0.15) is 5.10 Å². The third kappa shape index (κ3) is 2.45. The van der Waals surface area contributed by atoms with E-state index in [-0.39, 0.29) is 16.7 Å². The van der Waals surface area contributed by atoms with Gasteiger partial charge >= 0.3 is 5.69 Å². The number of rotatable bonds is 6. The molecule has 1 aromatic rings. The molecule has 1 aliphatic carbocycles. The number of hydrogen-bond donors (Lipinski definition) is 2. The lowest BCUT2D eigenvalue weighted by Gasteiger charge is -2.12. The van der Waals surface area contributed by atoms with E-state index in [1.807, 2.05) is 6.92 Å². The van der Waals surface area contributed by atoms with Crippen LogP contribution in [0.2, 0.25) is 0 Å². The fourth-order valence-electron chi connectivity index (χ4n) is 2.10. The van der Waals surface area contributed by atoms with Crippen LogP contribution >= 0.6 is 0 Å². The second kappa shape index (κ2) is 4.93. The number of hydrogen-bond acceptors (Lipinski definition) is 5. The molecule has 1 saturated carbocycles. The van der Waals surface area contributed by atoms with E-state index in [4.69, 9.17) is 5.73 Å². The number of nitro groups is 1. The number of nitrogens with one attached hydrogen (secondary N) is 1. The van der Waals surface area contributed by atoms with Crippen LogP contribution in [-0.2, 0) is 13.5 Å². The molecule has 7 heteroatoms. The number of aryl methyl sites for hydroxylation is 2. The van der Waals surface area contributed by atoms with E-state index in [2.05, 4.69) is 10.4 Å². The molecule has 0 spiro atoms. The molecule has 1 aromatic heterocycles. The van der Waals surface area contributed by atoms with Gasteiger partial charge in [-0.05, 0) is 25.2 Å². The Kier molecular flexibility index (Phi) is 3.51. The van der Waals surface area contributed by atoms with E-state index < -0.39 is 0 Å². The van der Waals surface area contributed by atoms with Crippen LogP contribution in [0.25, 0.3) is 0 Å². The second-order valence-electron chi connectivity index (χ2n) is 4.76. The summed E-state index contributed by atoms with van der Waals surface area (Å²) in [4.78, 5) is 10.7. The van der Waals surface area contributed by atoms with Gasteiger partial charge in [0.1, 0.15) is 5.69 Å². The highest BCUT2D eigenvalue weighted by Gasteiger charge is 2.30. The SMILES string of the molecule is CCc1nn(C)c(NCC(N)C2CC2)c1[N+](=O)[O-]. The number of nitrogens with two attached hydrogens (primary N) is 1. The summed E-state index contributed by atoms with van der Waals surface area (Å²) in [5, 5.41) is 18.3. The molecular formula is C11H19N5O2. The molecule has 1 atom stereocenters. The summed E-state index contributed by atoms with van der Waals surface area (Å²) in [6.07, 6.45) is 2.87. The van der Waals surface area contributed by atoms with E-state index in [1.165, 1.54) is 4.68 Å². The Balaban J connectivity index is 2.14. The third-order valence-corrected chi connectivity index (χ3v) is 3.34. The van der Waals surface area contributed by atoms with Crippen molar-refractivity contribution in [3.63, 3.8) is 0 Å². The average molecular weight is 253 g/mol. The number of anilines is 1. The van der Waals surface area contributed by atoms with Crippen LogP contribution in [0.15, 0.2) is 0 Å². The van der Waals surface area contributed by atoms with Crippen molar-refractivity contribution < 1.29 is 4.92 Å². The summed E-state index contributed by atoms with van der Waals surface area (Å²) in [5.74, 6) is 1.02. The van der Waals surface area contributed by atoms with Crippen LogP contribution in [0.4, 0.5) is 11.5 Å². The fraction of sp³-hybridized carbons (Fsp3) is 0.727. The van der Waals surface area contributed by atoms with Crippen LogP contribution in [0.5, 0.6) is 0 Å². The Bertz CT molecular complexity index is 453. The Labute approximate surface area is 105 Å². The van der Waals surface area contributed by atoms with Gasteiger partial charge in [0, 0.05) is 19.6 Å². The molecule has 1 fully saturated rings. The van der Waals surface area contributed by atoms with Gasteiger partial charge in [-0.1, -0.05) is 6.92 Å². The molecule has 18 heavy (non-hydrogen) atoms. The molecular weight excluding hydrogens is 234 g/mol. The summed E-state index contributed by atoms with van der Waals surface area (Å²) in [7, 11) is 1.71. The van der Waals surface area contributed by atoms with E-state index in [9.17, 15) is 10.1 Å². The molecule has 0 amide bonds. The van der Waals surface area contributed by atoms with Crippen molar-refractivity contribution in [2.24, 2.45) is 18.7 Å². The van der Waals surface area contributed by atoms with Crippen molar-refractivity contribution in [2.45, 2.75) is 32.2 Å². The van der Waals surface area contributed by atoms with Gasteiger partial charge in [0.25, 0.3) is 0 Å². The standard InChI is InChI=1S/C11H19N5O2/c1-3-9-10(16(17)18)11(15(2)14-9)13-6-8(12)7-4-5-7/h7-8,13H,3-6,12H2,1-2H3. The smallest absolute Gasteiger partial charge is 0.333 e. The van der Waals surface area contributed by atoms with Crippen molar-refractivity contribution in [2.75, 3.05) is 11.9 Å². The molecule has 0 bridgehead atoms. The number of nitrogens with zero attached hydrogens (tertiary/aromatic N) is 3. The molecule has 0 radical (unpaired) electrons. The minimum atomic E-state index is -0.378. The lowest BCUT2D eigenvalue weighted by atomic mass is 10.2. The molecule has 3 N–H and O–H groups in total. The van der Waals surface area contributed by atoms with Crippen LogP contribution in [0, 0.1) is 16.0 Å². The van der Waals surface area contributed by atoms with E-state index in [0.29, 0.717) is 30.4 Å². The van der Waals surface area contributed by atoms with Crippen LogP contribution in [0.3, 0.4) is 0 Å². The first kappa shape index (κ1) is 12.8. The van der Waals surface area contributed by atoms with Crippen molar-refractivity contribution in [3.05, 3.63) is 15.8 Å². The molecule has 7 nitrogen and oxygen atoms in total. The van der Waals surface area contributed by atoms with Crippen molar-refractivity contribution in [1.29, 1.82) is 0 Å². The summed E-state index contributed by atoms with van der Waals surface area (Å²) in [6, 6.07) is 0.0598. The Hall–Kier alpha value is -1.63. The van der Waals surface area contributed by atoms with Crippen molar-refractivity contribution >= 4 is 11.5 Å². The fourth-order valence-corrected chi connectivity index (χ4v) is 2.10. The predicted molar refractivity (Wildman–Crippen MR) is 68.4 cm³/mol. The summed E-state index contributed by atoms with van der Waals surface area (Å²) < 4.78 is 1.52. The van der Waals surface area contributed by atoms with Crippen LogP contribution in [0.1, 0.15) is 25.5 Å². The Morgan fingerprint density at radius 3 is 2.83 bits per heavy atom. The molecule has 100 valence electrons. The molecule has 1 unspecified atom stereocenters. The van der Waals surface area contributed by atoms with Crippen LogP contribution < -0.4 is 11.1 Å². The zero-order valence-electron chi connectivity index (χ0n) is 10.7. The summed E-state index contributed by atoms with van der Waals surface area (Å²) in [5.41, 5.74) is 6.56. The van der Waals surface area contributed by atoms with Gasteiger partial charge in [-0.15, -0.1) is 0 Å². The lowest BCUT2D eigenvalue weighted by molar-refractivity contribution is -0.384. The highest BCUT2D eigenvalue weighted by molar-refractivity contribution is 5.59. The molecule has 1 aliphatic rings. The van der Waals surface area contributed by atoms with E-state index >= 15 is 0 Å². The van der Waals surface area contributed by atoms with Gasteiger partial charge in [-0.3, -0.25) is 10.1 Å². The van der Waals surface area contributed by atoms with Gasteiger partial charge < -0.3 is 11.1 Å². The maximum Gasteiger partial charge on any atom is 0.333 e. The zero-order chi connectivity index (χ0) is 13.3. The zero-order valence-corrected chi connectivity index (χ0v) is 10.7. The first-order chi connectivity index (χ1) is 8.54. The van der Waals surface area contributed by atoms with Gasteiger partial charge in [0.15, 0.2) is 0 Å². The second-order valence-corrected chi connectivity index (χ2v) is 4.76. The van der Waals surface area contributed by atoms with E-state index in [0.717, 1.165) is 12.8 Å². The lowest BCUT2D eigenvalue weighted by Crippen LogP contribution is -2.31. The molecule has 0 saturated heterocycles. The molecule has 0 aromatic carbocycles. The maximum absolute atomic E-state index is 11.1. The van der Waals surface area contributed by atoms with Gasteiger partial charge in [0.2, 0.25) is 5.82 Å². The maximum atomic E-state index is 11.1. The minimum absolute atomic E-state index is 0.0598. The monoisotopic (exact) mass is 253 g/mol. The Morgan fingerprint density at radius 2 is 2.33 bits per heavy atom. The molecule has 2 rings (SSSR count). The quantitative estimate of drug-likeness (QED) is 0.583. The number of aromatic nitrogens is 2. The summed E-state index contributed by atoms with van der Waals surface area (Å²) in [6.45, 7) is 2.41. The highest BCUT2D eigenvalue weighted by atomic mass is 16.6. The third-order valence-electron chi connectivity index (χ3n) is 3.34. The van der Waals surface area contributed by atoms with Gasteiger partial charge in [-0.25, -0.2) is 4.68 Å². The van der Waals surface area contributed by atoms with Crippen molar-refractivity contribution in [1.82, 2.24) is 9.78 Å². The van der Waals surface area contributed by atoms with Crippen LogP contribution in [-0.4, -0.2) is 27.3 Å². The summed E-state index contributed by atoms with van der Waals surface area (Å²) >= 11 is 0. The molecule has 1 heterocycles. The predicted octanol–water partition coefficient (Wildman–Crippen LogP) is 1.04. The first-order valence-corrected chi connectivity index (χ1v) is 6.24. The first-order valence-electron chi connectivity index (χ1n) is 6.24. The minimum Gasteiger partial charge on any atom is -0.363 e. The topological polar surface area (TPSA) is 99.0 Å². The normalized spacial score (nSPS) is 16.6. The van der Waals surface area contributed by atoms with Gasteiger partial charge in [0.05, 0.1) is 4.92 Å². The average Bonchev–Trinajstić information content (AvgIpc) is 3.10. The van der Waals surface area contributed by atoms with Crippen molar-refractivity contribution in [3.8, 4) is 0 Å².